The fraction of sp³-hybridized carbons (Fsp3) is 0.556. The van der Waals surface area contributed by atoms with Gasteiger partial charge in [0, 0.05) is 6.04 Å². The minimum atomic E-state index is -3.41. The molecule has 1 saturated carbocycles. The van der Waals surface area contributed by atoms with E-state index in [2.05, 4.69) is 11.3 Å². The van der Waals surface area contributed by atoms with Crippen molar-refractivity contribution in [2.75, 3.05) is 0 Å². The first kappa shape index (κ1) is 17.2. The van der Waals surface area contributed by atoms with Crippen molar-refractivity contribution in [3.63, 3.8) is 0 Å². The largest absolute Gasteiger partial charge is 0.240 e. The van der Waals surface area contributed by atoms with Gasteiger partial charge in [0.05, 0.1) is 4.90 Å². The van der Waals surface area contributed by atoms with E-state index in [9.17, 15) is 8.42 Å². The smallest absolute Gasteiger partial charge is 0.208 e. The molecule has 1 aliphatic rings. The molecule has 0 unspecified atom stereocenters. The van der Waals surface area contributed by atoms with Crippen LogP contribution in [0.3, 0.4) is 0 Å². The predicted octanol–water partition coefficient (Wildman–Crippen LogP) is 4.19. The van der Waals surface area contributed by atoms with Crippen molar-refractivity contribution >= 4 is 10.0 Å². The van der Waals surface area contributed by atoms with Crippen molar-refractivity contribution in [1.82, 2.24) is 4.72 Å². The Morgan fingerprint density at radius 1 is 1.23 bits per heavy atom. The van der Waals surface area contributed by atoms with Crippen LogP contribution in [0.2, 0.25) is 0 Å². The molecule has 1 N–H and O–H groups in total. The third-order valence-corrected chi connectivity index (χ3v) is 6.04. The quantitative estimate of drug-likeness (QED) is 0.604. The van der Waals surface area contributed by atoms with Gasteiger partial charge in [0.1, 0.15) is 0 Å². The summed E-state index contributed by atoms with van der Waals surface area (Å²) < 4.78 is 28.1. The van der Waals surface area contributed by atoms with E-state index in [0.29, 0.717) is 10.8 Å². The molecule has 2 atom stereocenters. The maximum atomic E-state index is 12.6. The van der Waals surface area contributed by atoms with E-state index in [1.165, 1.54) is 6.42 Å². The molecule has 122 valence electrons. The van der Waals surface area contributed by atoms with Gasteiger partial charge in [0.2, 0.25) is 10.0 Å². The highest BCUT2D eigenvalue weighted by Gasteiger charge is 2.28. The molecule has 0 radical (unpaired) electrons. The van der Waals surface area contributed by atoms with Crippen molar-refractivity contribution in [1.29, 1.82) is 0 Å². The normalized spacial score (nSPS) is 22.4. The van der Waals surface area contributed by atoms with Crippen molar-refractivity contribution in [3.8, 4) is 0 Å². The summed E-state index contributed by atoms with van der Waals surface area (Å²) >= 11 is 0. The standard InChI is InChI=1S/C18H27NO2S/c1-3-4-5-8-16-9-6-7-10-18(16)19-22(20,21)17-13-11-15(2)12-14-17/h3,11-14,16,18-19H,1,4-10H2,2H3/t16-,18+/m0/s1. The molecular formula is C18H27NO2S. The maximum Gasteiger partial charge on any atom is 0.240 e. The van der Waals surface area contributed by atoms with E-state index in [-0.39, 0.29) is 6.04 Å². The Balaban J connectivity index is 2.05. The fourth-order valence-electron chi connectivity index (χ4n) is 3.22. The van der Waals surface area contributed by atoms with E-state index < -0.39 is 10.0 Å². The molecule has 1 aliphatic carbocycles. The second kappa shape index (κ2) is 7.93. The molecule has 0 saturated heterocycles. The molecule has 0 aliphatic heterocycles. The van der Waals surface area contributed by atoms with Gasteiger partial charge in [-0.1, -0.05) is 36.6 Å². The van der Waals surface area contributed by atoms with E-state index >= 15 is 0 Å². The van der Waals surface area contributed by atoms with E-state index in [4.69, 9.17) is 0 Å². The average molecular weight is 321 g/mol. The molecule has 0 heterocycles. The lowest BCUT2D eigenvalue weighted by Crippen LogP contribution is -2.42. The first-order valence-corrected chi connectivity index (χ1v) is 9.71. The molecule has 1 aromatic rings. The molecule has 1 aromatic carbocycles. The van der Waals surface area contributed by atoms with Gasteiger partial charge in [-0.15, -0.1) is 6.58 Å². The van der Waals surface area contributed by atoms with Crippen LogP contribution in [0.25, 0.3) is 0 Å². The number of sulfonamides is 1. The van der Waals surface area contributed by atoms with Gasteiger partial charge in [-0.3, -0.25) is 0 Å². The van der Waals surface area contributed by atoms with Crippen LogP contribution in [0.5, 0.6) is 0 Å². The fourth-order valence-corrected chi connectivity index (χ4v) is 4.56. The number of unbranched alkanes of at least 4 members (excludes halogenated alkanes) is 1. The Morgan fingerprint density at radius 2 is 1.91 bits per heavy atom. The number of allylic oxidation sites excluding steroid dienone is 1. The zero-order valence-corrected chi connectivity index (χ0v) is 14.2. The van der Waals surface area contributed by atoms with Crippen LogP contribution >= 0.6 is 0 Å². The van der Waals surface area contributed by atoms with Crippen molar-refractivity contribution < 1.29 is 8.42 Å². The average Bonchev–Trinajstić information content (AvgIpc) is 2.49. The van der Waals surface area contributed by atoms with Gasteiger partial charge >= 0.3 is 0 Å². The molecule has 2 rings (SSSR count). The molecule has 0 spiro atoms. The third kappa shape index (κ3) is 4.68. The molecule has 0 aromatic heterocycles. The van der Waals surface area contributed by atoms with E-state index in [1.807, 2.05) is 25.1 Å². The van der Waals surface area contributed by atoms with Gasteiger partial charge in [0.15, 0.2) is 0 Å². The SMILES string of the molecule is C=CCCC[C@H]1CCCC[C@H]1NS(=O)(=O)c1ccc(C)cc1. The van der Waals surface area contributed by atoms with Gasteiger partial charge in [-0.25, -0.2) is 13.1 Å². The van der Waals surface area contributed by atoms with Crippen LogP contribution < -0.4 is 4.72 Å². The highest BCUT2D eigenvalue weighted by atomic mass is 32.2. The molecule has 22 heavy (non-hydrogen) atoms. The zero-order valence-electron chi connectivity index (χ0n) is 13.4. The Labute approximate surface area is 134 Å². The summed E-state index contributed by atoms with van der Waals surface area (Å²) in [5.41, 5.74) is 1.07. The lowest BCUT2D eigenvalue weighted by Gasteiger charge is -2.32. The topological polar surface area (TPSA) is 46.2 Å². The highest BCUT2D eigenvalue weighted by molar-refractivity contribution is 7.89. The third-order valence-electron chi connectivity index (χ3n) is 4.53. The maximum absolute atomic E-state index is 12.6. The molecular weight excluding hydrogens is 294 g/mol. The Kier molecular flexibility index (Phi) is 6.21. The molecule has 4 heteroatoms. The van der Waals surface area contributed by atoms with Crippen LogP contribution in [0, 0.1) is 12.8 Å². The second-order valence-electron chi connectivity index (χ2n) is 6.30. The zero-order chi connectivity index (χ0) is 16.0. The monoisotopic (exact) mass is 321 g/mol. The number of hydrogen-bond donors (Lipinski definition) is 1. The number of hydrogen-bond acceptors (Lipinski definition) is 2. The molecule has 1 fully saturated rings. The summed E-state index contributed by atoms with van der Waals surface area (Å²) in [6, 6.07) is 7.14. The van der Waals surface area contributed by atoms with Crippen LogP contribution in [-0.4, -0.2) is 14.5 Å². The van der Waals surface area contributed by atoms with Crippen molar-refractivity contribution in [2.45, 2.75) is 62.8 Å². The summed E-state index contributed by atoms with van der Waals surface area (Å²) in [7, 11) is -3.41. The summed E-state index contributed by atoms with van der Waals surface area (Å²) in [5, 5.41) is 0. The molecule has 0 amide bonds. The first-order chi connectivity index (χ1) is 10.5. The Hall–Kier alpha value is -1.13. The van der Waals surface area contributed by atoms with Gasteiger partial charge in [0.25, 0.3) is 0 Å². The lowest BCUT2D eigenvalue weighted by molar-refractivity contribution is 0.270. The van der Waals surface area contributed by atoms with Crippen LogP contribution in [-0.2, 0) is 10.0 Å². The minimum absolute atomic E-state index is 0.0740. The summed E-state index contributed by atoms with van der Waals surface area (Å²) in [5.74, 6) is 0.453. The lowest BCUT2D eigenvalue weighted by atomic mass is 9.82. The number of rotatable bonds is 7. The van der Waals surface area contributed by atoms with Gasteiger partial charge in [-0.05, 0) is 57.1 Å². The Morgan fingerprint density at radius 3 is 2.59 bits per heavy atom. The second-order valence-corrected chi connectivity index (χ2v) is 8.02. The van der Waals surface area contributed by atoms with Gasteiger partial charge in [-0.2, -0.15) is 0 Å². The van der Waals surface area contributed by atoms with Crippen LogP contribution in [0.4, 0.5) is 0 Å². The summed E-state index contributed by atoms with van der Waals surface area (Å²) in [6.07, 6.45) is 9.51. The minimum Gasteiger partial charge on any atom is -0.208 e. The molecule has 0 bridgehead atoms. The van der Waals surface area contributed by atoms with E-state index in [0.717, 1.165) is 44.1 Å². The molecule has 3 nitrogen and oxygen atoms in total. The number of aryl methyl sites for hydroxylation is 1. The van der Waals surface area contributed by atoms with Gasteiger partial charge < -0.3 is 0 Å². The van der Waals surface area contributed by atoms with Crippen molar-refractivity contribution in [2.24, 2.45) is 5.92 Å². The van der Waals surface area contributed by atoms with Crippen LogP contribution in [0.1, 0.15) is 50.5 Å². The first-order valence-electron chi connectivity index (χ1n) is 8.23. The van der Waals surface area contributed by atoms with Crippen LogP contribution in [0.15, 0.2) is 41.8 Å². The number of nitrogens with one attached hydrogen (secondary N) is 1. The van der Waals surface area contributed by atoms with E-state index in [1.54, 1.807) is 12.1 Å². The highest BCUT2D eigenvalue weighted by Crippen LogP contribution is 2.29. The Bertz CT molecular complexity index is 578. The van der Waals surface area contributed by atoms with Crippen molar-refractivity contribution in [3.05, 3.63) is 42.5 Å². The summed E-state index contributed by atoms with van der Waals surface area (Å²) in [4.78, 5) is 0.369. The predicted molar refractivity (Wildman–Crippen MR) is 91.3 cm³/mol. The summed E-state index contributed by atoms with van der Waals surface area (Å²) in [6.45, 7) is 5.72. The number of benzene rings is 1.